The van der Waals surface area contributed by atoms with Crippen LogP contribution in [0.5, 0.6) is 0 Å². The highest BCUT2D eigenvalue weighted by atomic mass is 16.6. The number of piperidine rings is 1. The van der Waals surface area contributed by atoms with E-state index in [1.165, 1.54) is 12.8 Å². The Hall–Kier alpha value is -1.78. The first kappa shape index (κ1) is 13.6. The summed E-state index contributed by atoms with van der Waals surface area (Å²) in [5.41, 5.74) is 1.91. The van der Waals surface area contributed by atoms with Crippen LogP contribution in [-0.2, 0) is 0 Å². The van der Waals surface area contributed by atoms with Crippen molar-refractivity contribution in [3.63, 3.8) is 0 Å². The summed E-state index contributed by atoms with van der Waals surface area (Å²) in [4.78, 5) is 13.0. The minimum absolute atomic E-state index is 0.155. The van der Waals surface area contributed by atoms with E-state index in [-0.39, 0.29) is 10.6 Å². The van der Waals surface area contributed by atoms with Crippen molar-refractivity contribution in [2.45, 2.75) is 38.6 Å². The molecule has 0 spiro atoms. The molecule has 5 heteroatoms. The highest BCUT2D eigenvalue weighted by Crippen LogP contribution is 2.31. The summed E-state index contributed by atoms with van der Waals surface area (Å²) in [6, 6.07) is 5.77. The van der Waals surface area contributed by atoms with E-state index >= 15 is 0 Å². The molecular weight excluding hydrogens is 242 g/mol. The maximum absolute atomic E-state index is 11.0. The number of hydrogen-bond acceptors (Lipinski definition) is 4. The summed E-state index contributed by atoms with van der Waals surface area (Å²) in [5.74, 6) is 0. The molecule has 1 heterocycles. The fraction of sp³-hybridized carbons (Fsp3) is 0.571. The molecule has 5 nitrogen and oxygen atoms in total. The number of benzene rings is 1. The van der Waals surface area contributed by atoms with E-state index in [4.69, 9.17) is 0 Å². The quantitative estimate of drug-likeness (QED) is 0.668. The Labute approximate surface area is 113 Å². The first-order chi connectivity index (χ1) is 9.15. The molecule has 1 aliphatic rings. The van der Waals surface area contributed by atoms with Gasteiger partial charge in [-0.3, -0.25) is 10.1 Å². The summed E-state index contributed by atoms with van der Waals surface area (Å²) in [6.45, 7) is 3.17. The van der Waals surface area contributed by atoms with Crippen molar-refractivity contribution in [2.24, 2.45) is 0 Å². The molecule has 1 N–H and O–H groups in total. The van der Waals surface area contributed by atoms with Crippen molar-refractivity contribution >= 4 is 17.1 Å². The van der Waals surface area contributed by atoms with Crippen LogP contribution in [0.4, 0.5) is 17.1 Å². The van der Waals surface area contributed by atoms with Crippen LogP contribution in [0.25, 0.3) is 0 Å². The van der Waals surface area contributed by atoms with Crippen LogP contribution in [0.15, 0.2) is 18.2 Å². The number of nitro benzene ring substituents is 1. The van der Waals surface area contributed by atoms with Crippen LogP contribution < -0.4 is 10.2 Å². The third-order valence-corrected chi connectivity index (χ3v) is 3.83. The minimum atomic E-state index is -0.324. The average molecular weight is 263 g/mol. The van der Waals surface area contributed by atoms with E-state index in [1.54, 1.807) is 19.2 Å². The molecule has 0 amide bonds. The molecule has 0 saturated carbocycles. The normalized spacial score (nSPS) is 19.3. The lowest BCUT2D eigenvalue weighted by molar-refractivity contribution is -0.384. The minimum Gasteiger partial charge on any atom is -0.388 e. The fourth-order valence-electron chi connectivity index (χ4n) is 2.78. The van der Waals surface area contributed by atoms with Gasteiger partial charge in [-0.05, 0) is 31.7 Å². The second-order valence-electron chi connectivity index (χ2n) is 5.00. The first-order valence-corrected chi connectivity index (χ1v) is 6.89. The molecule has 0 bridgehead atoms. The Morgan fingerprint density at radius 2 is 2.21 bits per heavy atom. The summed E-state index contributed by atoms with van der Waals surface area (Å²) < 4.78 is 0. The van der Waals surface area contributed by atoms with Crippen molar-refractivity contribution < 1.29 is 4.92 Å². The molecule has 2 rings (SSSR count). The van der Waals surface area contributed by atoms with Gasteiger partial charge in [0, 0.05) is 43.1 Å². The molecule has 0 aromatic heterocycles. The molecule has 0 aliphatic carbocycles. The van der Waals surface area contributed by atoms with Crippen LogP contribution in [0.1, 0.15) is 32.6 Å². The summed E-state index contributed by atoms with van der Waals surface area (Å²) in [5, 5.41) is 14.0. The summed E-state index contributed by atoms with van der Waals surface area (Å²) >= 11 is 0. The Morgan fingerprint density at radius 1 is 1.42 bits per heavy atom. The van der Waals surface area contributed by atoms with E-state index in [9.17, 15) is 10.1 Å². The SMILES string of the molecule is CCC1CCCCN1c1cc(NC)cc([N+](=O)[O-])c1. The van der Waals surface area contributed by atoms with Crippen molar-refractivity contribution in [1.29, 1.82) is 0 Å². The Kier molecular flexibility index (Phi) is 4.24. The van der Waals surface area contributed by atoms with Gasteiger partial charge in [0.1, 0.15) is 0 Å². The third kappa shape index (κ3) is 2.97. The van der Waals surface area contributed by atoms with Gasteiger partial charge in [-0.2, -0.15) is 0 Å². The standard InChI is InChI=1S/C14H21N3O2/c1-3-12-6-4-5-7-16(12)13-8-11(15-2)9-14(10-13)17(18)19/h8-10,12,15H,3-7H2,1-2H3. The van der Waals surface area contributed by atoms with Crippen molar-refractivity contribution in [1.82, 2.24) is 0 Å². The van der Waals surface area contributed by atoms with Crippen LogP contribution in [0.2, 0.25) is 0 Å². The molecule has 1 aliphatic heterocycles. The zero-order valence-corrected chi connectivity index (χ0v) is 11.6. The van der Waals surface area contributed by atoms with Crippen LogP contribution in [0.3, 0.4) is 0 Å². The fourth-order valence-corrected chi connectivity index (χ4v) is 2.78. The van der Waals surface area contributed by atoms with Gasteiger partial charge in [0.15, 0.2) is 0 Å². The number of hydrogen-bond donors (Lipinski definition) is 1. The smallest absolute Gasteiger partial charge is 0.273 e. The van der Waals surface area contributed by atoms with Crippen molar-refractivity contribution in [3.05, 3.63) is 28.3 Å². The second-order valence-corrected chi connectivity index (χ2v) is 5.00. The zero-order valence-electron chi connectivity index (χ0n) is 11.6. The van der Waals surface area contributed by atoms with E-state index in [0.717, 1.165) is 30.8 Å². The lowest BCUT2D eigenvalue weighted by Gasteiger charge is -2.37. The highest BCUT2D eigenvalue weighted by molar-refractivity contribution is 5.64. The highest BCUT2D eigenvalue weighted by Gasteiger charge is 2.23. The number of anilines is 2. The van der Waals surface area contributed by atoms with Crippen molar-refractivity contribution in [3.8, 4) is 0 Å². The third-order valence-electron chi connectivity index (χ3n) is 3.83. The van der Waals surface area contributed by atoms with Gasteiger partial charge >= 0.3 is 0 Å². The lowest BCUT2D eigenvalue weighted by Crippen LogP contribution is -2.39. The number of non-ortho nitro benzene ring substituents is 1. The topological polar surface area (TPSA) is 58.4 Å². The molecule has 1 saturated heterocycles. The molecule has 0 radical (unpaired) electrons. The van der Waals surface area contributed by atoms with E-state index in [2.05, 4.69) is 17.1 Å². The van der Waals surface area contributed by atoms with E-state index in [1.807, 2.05) is 6.07 Å². The molecule has 19 heavy (non-hydrogen) atoms. The number of nitrogens with zero attached hydrogens (tertiary/aromatic N) is 2. The van der Waals surface area contributed by atoms with Crippen molar-refractivity contribution in [2.75, 3.05) is 23.8 Å². The van der Waals surface area contributed by atoms with Gasteiger partial charge in [0.25, 0.3) is 5.69 Å². The van der Waals surface area contributed by atoms with Gasteiger partial charge in [-0.15, -0.1) is 0 Å². The largest absolute Gasteiger partial charge is 0.388 e. The van der Waals surface area contributed by atoms with Gasteiger partial charge in [-0.1, -0.05) is 6.92 Å². The van der Waals surface area contributed by atoms with Crippen LogP contribution in [-0.4, -0.2) is 24.6 Å². The number of nitrogens with one attached hydrogen (secondary N) is 1. The van der Waals surface area contributed by atoms with Gasteiger partial charge in [-0.25, -0.2) is 0 Å². The molecule has 1 aromatic carbocycles. The first-order valence-electron chi connectivity index (χ1n) is 6.89. The van der Waals surface area contributed by atoms with Gasteiger partial charge in [0.2, 0.25) is 0 Å². The maximum Gasteiger partial charge on any atom is 0.273 e. The predicted octanol–water partition coefficient (Wildman–Crippen LogP) is 3.41. The number of rotatable bonds is 4. The molecular formula is C14H21N3O2. The van der Waals surface area contributed by atoms with Crippen LogP contribution in [0, 0.1) is 10.1 Å². The van der Waals surface area contributed by atoms with E-state index < -0.39 is 0 Å². The predicted molar refractivity (Wildman–Crippen MR) is 77.9 cm³/mol. The van der Waals surface area contributed by atoms with Crippen LogP contribution >= 0.6 is 0 Å². The summed E-state index contributed by atoms with van der Waals surface area (Å²) in [7, 11) is 1.79. The Morgan fingerprint density at radius 3 is 2.84 bits per heavy atom. The number of nitro groups is 1. The molecule has 1 fully saturated rings. The average Bonchev–Trinajstić information content (AvgIpc) is 2.46. The van der Waals surface area contributed by atoms with E-state index in [0.29, 0.717) is 6.04 Å². The molecule has 1 atom stereocenters. The summed E-state index contributed by atoms with van der Waals surface area (Å²) in [6.07, 6.45) is 4.67. The maximum atomic E-state index is 11.0. The Bertz CT molecular complexity index is 462. The molecule has 104 valence electrons. The monoisotopic (exact) mass is 263 g/mol. The molecule has 1 aromatic rings. The molecule has 1 unspecified atom stereocenters. The van der Waals surface area contributed by atoms with Gasteiger partial charge < -0.3 is 10.2 Å². The zero-order chi connectivity index (χ0) is 13.8. The lowest BCUT2D eigenvalue weighted by atomic mass is 9.99. The Balaban J connectivity index is 2.36. The second kappa shape index (κ2) is 5.91. The van der Waals surface area contributed by atoms with Gasteiger partial charge in [0.05, 0.1) is 4.92 Å².